The van der Waals surface area contributed by atoms with E-state index in [-0.39, 0.29) is 5.82 Å². The third kappa shape index (κ3) is 3.25. The maximum atomic E-state index is 13.1. The van der Waals surface area contributed by atoms with E-state index in [0.29, 0.717) is 12.3 Å². The van der Waals surface area contributed by atoms with Crippen molar-refractivity contribution in [1.29, 1.82) is 0 Å². The van der Waals surface area contributed by atoms with Crippen LogP contribution in [0.4, 0.5) is 4.39 Å². The van der Waals surface area contributed by atoms with Crippen LogP contribution in [0.5, 0.6) is 0 Å². The van der Waals surface area contributed by atoms with Crippen molar-refractivity contribution in [3.05, 3.63) is 53.7 Å². The fourth-order valence-electron chi connectivity index (χ4n) is 1.44. The first-order valence-electron chi connectivity index (χ1n) is 5.16. The molecule has 0 saturated carbocycles. The average Bonchev–Trinajstić information content (AvgIpc) is 2.38. The van der Waals surface area contributed by atoms with Crippen molar-refractivity contribution in [2.24, 2.45) is 5.73 Å². The summed E-state index contributed by atoms with van der Waals surface area (Å²) in [5.74, 6) is 0.418. The van der Waals surface area contributed by atoms with Gasteiger partial charge in [0.2, 0.25) is 0 Å². The molecule has 0 spiro atoms. The molecule has 88 valence electrons. The molecule has 0 bridgehead atoms. The maximum Gasteiger partial charge on any atom is 0.123 e. The van der Waals surface area contributed by atoms with Crippen LogP contribution in [-0.4, -0.2) is 9.97 Å². The van der Waals surface area contributed by atoms with Gasteiger partial charge in [-0.2, -0.15) is 0 Å². The second kappa shape index (κ2) is 5.75. The first kappa shape index (κ1) is 12.0. The lowest BCUT2D eigenvalue weighted by atomic mass is 10.1. The highest BCUT2D eigenvalue weighted by atomic mass is 32.2. The van der Waals surface area contributed by atoms with Crippen LogP contribution in [0.25, 0.3) is 0 Å². The third-order valence-electron chi connectivity index (χ3n) is 2.32. The monoisotopic (exact) mass is 249 g/mol. The molecule has 0 saturated heterocycles. The van der Waals surface area contributed by atoms with Crippen LogP contribution in [0.1, 0.15) is 11.1 Å². The highest BCUT2D eigenvalue weighted by Gasteiger charge is 2.04. The van der Waals surface area contributed by atoms with Crippen LogP contribution in [0.3, 0.4) is 0 Å². The minimum Gasteiger partial charge on any atom is -0.326 e. The molecule has 0 atom stereocenters. The van der Waals surface area contributed by atoms with E-state index in [2.05, 4.69) is 9.97 Å². The number of rotatable bonds is 4. The molecule has 2 aromatic rings. The zero-order valence-electron chi connectivity index (χ0n) is 9.14. The summed E-state index contributed by atoms with van der Waals surface area (Å²) in [4.78, 5) is 7.94. The third-order valence-corrected chi connectivity index (χ3v) is 3.31. The molecule has 0 aliphatic rings. The van der Waals surface area contributed by atoms with E-state index in [0.717, 1.165) is 16.2 Å². The standard InChI is InChI=1S/C12H12FN3S/c13-11-2-1-9(6-14)10(5-11)7-17-12-3-4-15-8-16-12/h1-5,8H,6-7,14H2. The summed E-state index contributed by atoms with van der Waals surface area (Å²) in [7, 11) is 0. The fourth-order valence-corrected chi connectivity index (χ4v) is 2.29. The van der Waals surface area contributed by atoms with Gasteiger partial charge in [-0.1, -0.05) is 6.07 Å². The fraction of sp³-hybridized carbons (Fsp3) is 0.167. The number of hydrogen-bond acceptors (Lipinski definition) is 4. The van der Waals surface area contributed by atoms with E-state index in [9.17, 15) is 4.39 Å². The second-order valence-electron chi connectivity index (χ2n) is 3.45. The molecular formula is C12H12FN3S. The van der Waals surface area contributed by atoms with E-state index in [1.807, 2.05) is 6.07 Å². The average molecular weight is 249 g/mol. The predicted octanol–water partition coefficient (Wildman–Crippen LogP) is 2.37. The predicted molar refractivity (Wildman–Crippen MR) is 65.9 cm³/mol. The normalized spacial score (nSPS) is 10.5. The van der Waals surface area contributed by atoms with E-state index in [4.69, 9.17) is 5.73 Å². The highest BCUT2D eigenvalue weighted by Crippen LogP contribution is 2.22. The molecule has 17 heavy (non-hydrogen) atoms. The molecule has 1 heterocycles. The van der Waals surface area contributed by atoms with Crippen molar-refractivity contribution in [2.75, 3.05) is 0 Å². The molecular weight excluding hydrogens is 237 g/mol. The molecule has 0 unspecified atom stereocenters. The van der Waals surface area contributed by atoms with Crippen LogP contribution in [0.15, 0.2) is 41.8 Å². The largest absolute Gasteiger partial charge is 0.326 e. The lowest BCUT2D eigenvalue weighted by Gasteiger charge is -2.07. The maximum absolute atomic E-state index is 13.1. The van der Waals surface area contributed by atoms with Gasteiger partial charge in [-0.15, -0.1) is 11.8 Å². The molecule has 3 nitrogen and oxygen atoms in total. The number of nitrogens with zero attached hydrogens (tertiary/aromatic N) is 2. The minimum atomic E-state index is -0.236. The van der Waals surface area contributed by atoms with Gasteiger partial charge >= 0.3 is 0 Å². The van der Waals surface area contributed by atoms with Crippen LogP contribution < -0.4 is 5.73 Å². The number of hydrogen-bond donors (Lipinski definition) is 1. The molecule has 0 radical (unpaired) electrons. The van der Waals surface area contributed by atoms with Gasteiger partial charge in [0.25, 0.3) is 0 Å². The molecule has 0 fully saturated rings. The van der Waals surface area contributed by atoms with Crippen molar-refractivity contribution >= 4 is 11.8 Å². The van der Waals surface area contributed by atoms with Gasteiger partial charge in [0.05, 0.1) is 5.03 Å². The molecule has 0 aliphatic carbocycles. The van der Waals surface area contributed by atoms with E-state index in [1.54, 1.807) is 12.3 Å². The summed E-state index contributed by atoms with van der Waals surface area (Å²) < 4.78 is 13.1. The van der Waals surface area contributed by atoms with Crippen molar-refractivity contribution in [2.45, 2.75) is 17.3 Å². The van der Waals surface area contributed by atoms with Crippen LogP contribution in [0.2, 0.25) is 0 Å². The Hall–Kier alpha value is -1.46. The number of nitrogens with two attached hydrogens (primary N) is 1. The Morgan fingerprint density at radius 1 is 1.24 bits per heavy atom. The summed E-state index contributed by atoms with van der Waals surface area (Å²) in [5.41, 5.74) is 7.49. The molecule has 2 N–H and O–H groups in total. The molecule has 1 aromatic heterocycles. The Morgan fingerprint density at radius 3 is 2.82 bits per heavy atom. The zero-order chi connectivity index (χ0) is 12.1. The van der Waals surface area contributed by atoms with Crippen molar-refractivity contribution in [3.8, 4) is 0 Å². The van der Waals surface area contributed by atoms with Gasteiger partial charge < -0.3 is 5.73 Å². The number of halogens is 1. The van der Waals surface area contributed by atoms with Gasteiger partial charge in [0.15, 0.2) is 0 Å². The summed E-state index contributed by atoms with van der Waals surface area (Å²) in [5, 5.41) is 0.868. The summed E-state index contributed by atoms with van der Waals surface area (Å²) >= 11 is 1.54. The van der Waals surface area contributed by atoms with Crippen LogP contribution in [0, 0.1) is 5.82 Å². The minimum absolute atomic E-state index is 0.236. The van der Waals surface area contributed by atoms with E-state index in [1.165, 1.54) is 30.2 Å². The SMILES string of the molecule is NCc1ccc(F)cc1CSc1ccncn1. The molecule has 0 aliphatic heterocycles. The number of aromatic nitrogens is 2. The van der Waals surface area contributed by atoms with Crippen molar-refractivity contribution in [3.63, 3.8) is 0 Å². The quantitative estimate of drug-likeness (QED) is 0.667. The first-order chi connectivity index (χ1) is 8.29. The summed E-state index contributed by atoms with van der Waals surface area (Å²) in [6.45, 7) is 0.417. The van der Waals surface area contributed by atoms with Gasteiger partial charge in [-0.3, -0.25) is 0 Å². The van der Waals surface area contributed by atoms with E-state index < -0.39 is 0 Å². The van der Waals surface area contributed by atoms with Gasteiger partial charge in [0.1, 0.15) is 12.1 Å². The van der Waals surface area contributed by atoms with E-state index >= 15 is 0 Å². The van der Waals surface area contributed by atoms with Crippen LogP contribution in [-0.2, 0) is 12.3 Å². The lowest BCUT2D eigenvalue weighted by molar-refractivity contribution is 0.625. The number of benzene rings is 1. The van der Waals surface area contributed by atoms with Crippen molar-refractivity contribution < 1.29 is 4.39 Å². The Bertz CT molecular complexity index is 490. The Balaban J connectivity index is 2.11. The zero-order valence-corrected chi connectivity index (χ0v) is 9.95. The van der Waals surface area contributed by atoms with Gasteiger partial charge in [0, 0.05) is 18.5 Å². The van der Waals surface area contributed by atoms with Gasteiger partial charge in [-0.25, -0.2) is 14.4 Å². The highest BCUT2D eigenvalue weighted by molar-refractivity contribution is 7.98. The van der Waals surface area contributed by atoms with Gasteiger partial charge in [-0.05, 0) is 29.3 Å². The molecule has 2 rings (SSSR count). The number of thioether (sulfide) groups is 1. The smallest absolute Gasteiger partial charge is 0.123 e. The topological polar surface area (TPSA) is 51.8 Å². The molecule has 5 heteroatoms. The first-order valence-corrected chi connectivity index (χ1v) is 6.14. The van der Waals surface area contributed by atoms with Crippen LogP contribution >= 0.6 is 11.8 Å². The summed E-state index contributed by atoms with van der Waals surface area (Å²) in [6.07, 6.45) is 3.18. The Morgan fingerprint density at radius 2 is 2.12 bits per heavy atom. The second-order valence-corrected chi connectivity index (χ2v) is 4.45. The Kier molecular flexibility index (Phi) is 4.06. The molecule has 0 amide bonds. The Labute approximate surface area is 103 Å². The molecule has 1 aromatic carbocycles. The lowest BCUT2D eigenvalue weighted by Crippen LogP contribution is -2.01. The summed E-state index contributed by atoms with van der Waals surface area (Å²) in [6, 6.07) is 6.51. The van der Waals surface area contributed by atoms with Crippen molar-refractivity contribution in [1.82, 2.24) is 9.97 Å².